The number of imide groups is 1. The number of hydrogen-bond acceptors (Lipinski definition) is 10. The highest BCUT2D eigenvalue weighted by Gasteiger charge is 2.38. The SMILES string of the molecule is CC(C)C[C@H](NC(=O)[C@@H](N)Cc1cnc[nH]1)[C@@H](O)CC(C(=O)N(C[C@H](C)[C@H](O)CN1CCN(C)CC1)C(=O)C(CC=O)Cc1ccccc1)C(C)C. The van der Waals surface area contributed by atoms with Crippen molar-refractivity contribution >= 4 is 24.0 Å². The first-order valence-corrected chi connectivity index (χ1v) is 18.8. The smallest absolute Gasteiger partial charge is 0.237 e. The third-order valence-electron chi connectivity index (χ3n) is 10.2. The molecule has 2 aromatic rings. The number of piperazine rings is 1. The number of nitrogens with one attached hydrogen (secondary N) is 2. The predicted molar refractivity (Wildman–Crippen MR) is 201 cm³/mol. The zero-order valence-electron chi connectivity index (χ0n) is 32.0. The van der Waals surface area contributed by atoms with Gasteiger partial charge in [0.25, 0.3) is 0 Å². The van der Waals surface area contributed by atoms with Gasteiger partial charge in [-0.25, -0.2) is 4.98 Å². The van der Waals surface area contributed by atoms with Crippen molar-refractivity contribution in [3.63, 3.8) is 0 Å². The molecule has 13 nitrogen and oxygen atoms in total. The molecule has 2 heterocycles. The van der Waals surface area contributed by atoms with Crippen LogP contribution in [0.5, 0.6) is 0 Å². The highest BCUT2D eigenvalue weighted by atomic mass is 16.3. The molecule has 1 fully saturated rings. The quantitative estimate of drug-likeness (QED) is 0.119. The topological polar surface area (TPSA) is 185 Å². The fourth-order valence-electron chi connectivity index (χ4n) is 6.80. The lowest BCUT2D eigenvalue weighted by atomic mass is 9.84. The number of aliphatic hydroxyl groups is 2. The summed E-state index contributed by atoms with van der Waals surface area (Å²) in [6.45, 7) is 13.3. The van der Waals surface area contributed by atoms with Gasteiger partial charge in [0.15, 0.2) is 0 Å². The van der Waals surface area contributed by atoms with Gasteiger partial charge >= 0.3 is 0 Å². The van der Waals surface area contributed by atoms with Crippen molar-refractivity contribution in [2.24, 2.45) is 35.3 Å². The van der Waals surface area contributed by atoms with Crippen molar-refractivity contribution < 1.29 is 29.4 Å². The van der Waals surface area contributed by atoms with Crippen molar-refractivity contribution in [3.8, 4) is 0 Å². The van der Waals surface area contributed by atoms with Crippen molar-refractivity contribution in [2.45, 2.75) is 91.0 Å². The van der Waals surface area contributed by atoms with Crippen LogP contribution in [0.4, 0.5) is 0 Å². The third-order valence-corrected chi connectivity index (χ3v) is 10.2. The van der Waals surface area contributed by atoms with Crippen molar-refractivity contribution in [1.82, 2.24) is 30.0 Å². The number of β-amino-alcohol motifs (C(OH)–C–C–N with tert-alkyl or cyclic N) is 1. The maximum atomic E-state index is 14.7. The highest BCUT2D eigenvalue weighted by Crippen LogP contribution is 2.27. The molecule has 0 radical (unpaired) electrons. The summed E-state index contributed by atoms with van der Waals surface area (Å²) in [5, 5.41) is 25.9. The van der Waals surface area contributed by atoms with Gasteiger partial charge in [-0.15, -0.1) is 0 Å². The number of H-pyrrole nitrogens is 1. The minimum atomic E-state index is -1.12. The molecular formula is C39H63N7O6. The number of carbonyl (C=O) groups is 4. The lowest BCUT2D eigenvalue weighted by Crippen LogP contribution is -2.53. The summed E-state index contributed by atoms with van der Waals surface area (Å²) in [5.41, 5.74) is 7.79. The first-order chi connectivity index (χ1) is 24.7. The molecule has 1 aliphatic heterocycles. The van der Waals surface area contributed by atoms with Gasteiger partial charge in [0.05, 0.1) is 30.6 Å². The van der Waals surface area contributed by atoms with E-state index in [-0.39, 0.29) is 44.1 Å². The third kappa shape index (κ3) is 13.5. The molecule has 3 amide bonds. The number of likely N-dealkylation sites (N-methyl/N-ethyl adjacent to an activating group) is 1. The summed E-state index contributed by atoms with van der Waals surface area (Å²) in [6, 6.07) is 7.81. The molecule has 1 aromatic carbocycles. The largest absolute Gasteiger partial charge is 0.391 e. The summed E-state index contributed by atoms with van der Waals surface area (Å²) in [4.78, 5) is 66.7. The molecule has 1 aromatic heterocycles. The molecule has 0 aliphatic carbocycles. The summed E-state index contributed by atoms with van der Waals surface area (Å²) in [6.07, 6.45) is 2.79. The second-order valence-corrected chi connectivity index (χ2v) is 15.5. The standard InChI is InChI=1S/C39H63N7O6/c1-26(2)18-34(43-37(50)33(40)20-31-22-41-25-42-31)35(48)21-32(27(3)4)39(52)46(23-28(5)36(49)24-45-15-13-44(6)14-16-45)38(51)30(12-17-47)19-29-10-8-7-9-11-29/h7-11,17,22,25-28,30,32-36,48-49H,12-16,18-21,23-24,40H2,1-6H3,(H,41,42)(H,43,50)/t28-,30?,32?,33-,34-,35-,36+/m0/s1. The van der Waals surface area contributed by atoms with Gasteiger partial charge < -0.3 is 35.9 Å². The van der Waals surface area contributed by atoms with E-state index in [9.17, 15) is 29.4 Å². The number of benzene rings is 1. The van der Waals surface area contributed by atoms with Crippen LogP contribution in [0, 0.1) is 29.6 Å². The maximum absolute atomic E-state index is 14.7. The monoisotopic (exact) mass is 725 g/mol. The fraction of sp³-hybridized carbons (Fsp3) is 0.667. The number of hydrogen-bond donors (Lipinski definition) is 5. The number of imidazole rings is 1. The Morgan fingerprint density at radius 3 is 2.23 bits per heavy atom. The zero-order valence-corrected chi connectivity index (χ0v) is 32.0. The van der Waals surface area contributed by atoms with E-state index in [0.717, 1.165) is 31.7 Å². The molecule has 1 aliphatic rings. The molecule has 0 saturated carbocycles. The molecule has 1 saturated heterocycles. The van der Waals surface area contributed by atoms with Gasteiger partial charge in [-0.05, 0) is 43.7 Å². The molecule has 290 valence electrons. The Morgan fingerprint density at radius 2 is 1.65 bits per heavy atom. The Bertz CT molecular complexity index is 1370. The normalized spacial score (nSPS) is 18.3. The molecule has 2 unspecified atom stereocenters. The number of carbonyl (C=O) groups excluding carboxylic acids is 4. The number of aromatic nitrogens is 2. The van der Waals surface area contributed by atoms with Crippen molar-refractivity contribution in [1.29, 1.82) is 0 Å². The predicted octanol–water partition coefficient (Wildman–Crippen LogP) is 1.88. The highest BCUT2D eigenvalue weighted by molar-refractivity contribution is 5.98. The maximum Gasteiger partial charge on any atom is 0.237 e. The Hall–Kier alpha value is -3.49. The molecule has 3 rings (SSSR count). The lowest BCUT2D eigenvalue weighted by molar-refractivity contribution is -0.153. The summed E-state index contributed by atoms with van der Waals surface area (Å²) in [5.74, 6) is -3.57. The van der Waals surface area contributed by atoms with E-state index in [1.54, 1.807) is 6.20 Å². The van der Waals surface area contributed by atoms with Gasteiger partial charge in [-0.3, -0.25) is 24.2 Å². The number of aromatic amines is 1. The van der Waals surface area contributed by atoms with E-state index in [1.165, 1.54) is 11.2 Å². The van der Waals surface area contributed by atoms with E-state index in [4.69, 9.17) is 5.73 Å². The van der Waals surface area contributed by atoms with Gasteiger partial charge in [0.2, 0.25) is 17.7 Å². The average molecular weight is 726 g/mol. The Labute approximate surface area is 309 Å². The van der Waals surface area contributed by atoms with E-state index in [2.05, 4.69) is 32.1 Å². The van der Waals surface area contributed by atoms with Crippen LogP contribution in [0.2, 0.25) is 0 Å². The van der Waals surface area contributed by atoms with Gasteiger partial charge in [0.1, 0.15) is 6.29 Å². The molecule has 0 spiro atoms. The summed E-state index contributed by atoms with van der Waals surface area (Å²) < 4.78 is 0. The van der Waals surface area contributed by atoms with E-state index in [1.807, 2.05) is 65.0 Å². The Kier molecular flexibility index (Phi) is 17.6. The molecule has 0 bridgehead atoms. The fourth-order valence-corrected chi connectivity index (χ4v) is 6.80. The van der Waals surface area contributed by atoms with Crippen LogP contribution < -0.4 is 11.1 Å². The van der Waals surface area contributed by atoms with Crippen LogP contribution >= 0.6 is 0 Å². The number of amides is 3. The first-order valence-electron chi connectivity index (χ1n) is 18.8. The molecule has 52 heavy (non-hydrogen) atoms. The van der Waals surface area contributed by atoms with Gasteiger partial charge in [0, 0.05) is 81.8 Å². The number of rotatable bonds is 21. The number of aliphatic hydroxyl groups excluding tert-OH is 2. The van der Waals surface area contributed by atoms with Gasteiger partial charge in [-0.2, -0.15) is 0 Å². The lowest BCUT2D eigenvalue weighted by Gasteiger charge is -2.37. The zero-order chi connectivity index (χ0) is 38.4. The van der Waals surface area contributed by atoms with Crippen molar-refractivity contribution in [2.75, 3.05) is 46.3 Å². The Morgan fingerprint density at radius 1 is 0.981 bits per heavy atom. The van der Waals surface area contributed by atoms with Gasteiger partial charge in [-0.1, -0.05) is 65.0 Å². The second kappa shape index (κ2) is 21.3. The Balaban J connectivity index is 1.86. The first kappa shape index (κ1) is 42.9. The minimum absolute atomic E-state index is 0.0109. The average Bonchev–Trinajstić information content (AvgIpc) is 3.62. The van der Waals surface area contributed by atoms with Crippen LogP contribution in [-0.4, -0.2) is 129 Å². The minimum Gasteiger partial charge on any atom is -0.391 e. The summed E-state index contributed by atoms with van der Waals surface area (Å²) >= 11 is 0. The van der Waals surface area contributed by atoms with Crippen LogP contribution in [0.1, 0.15) is 65.1 Å². The second-order valence-electron chi connectivity index (χ2n) is 15.5. The molecular weight excluding hydrogens is 662 g/mol. The van der Waals surface area contributed by atoms with Crippen LogP contribution in [-0.2, 0) is 32.0 Å². The molecule has 7 atom stereocenters. The van der Waals surface area contributed by atoms with Crippen molar-refractivity contribution in [3.05, 3.63) is 54.1 Å². The van der Waals surface area contributed by atoms with E-state index < -0.39 is 59.8 Å². The summed E-state index contributed by atoms with van der Waals surface area (Å²) in [7, 11) is 2.06. The molecule has 6 N–H and O–H groups in total. The van der Waals surface area contributed by atoms with Crippen LogP contribution in [0.15, 0.2) is 42.9 Å². The van der Waals surface area contributed by atoms with Crippen LogP contribution in [0.3, 0.4) is 0 Å². The molecule has 13 heteroatoms. The van der Waals surface area contributed by atoms with E-state index in [0.29, 0.717) is 24.9 Å². The van der Waals surface area contributed by atoms with Crippen LogP contribution in [0.25, 0.3) is 0 Å². The number of aldehydes is 1. The van der Waals surface area contributed by atoms with E-state index >= 15 is 0 Å². The number of nitrogens with zero attached hydrogens (tertiary/aromatic N) is 4. The number of nitrogens with two attached hydrogens (primary N) is 1.